The summed E-state index contributed by atoms with van der Waals surface area (Å²) in [6.07, 6.45) is 12.8. The van der Waals surface area contributed by atoms with Gasteiger partial charge >= 0.3 is 0 Å². The molecule has 0 aromatic heterocycles. The molecule has 0 spiro atoms. The van der Waals surface area contributed by atoms with Crippen molar-refractivity contribution in [3.05, 3.63) is 0 Å². The standard InChI is InChI=1S/C15H29NO/c1-15(17)11-7-5-3-2-4-6-8-12-16-13-9-10-14-16/h2-14H2,1H3. The minimum absolute atomic E-state index is 0.343. The number of likely N-dealkylation sites (tertiary alicyclic amines) is 1. The maximum atomic E-state index is 10.7. The lowest BCUT2D eigenvalue weighted by molar-refractivity contribution is -0.117. The van der Waals surface area contributed by atoms with Gasteiger partial charge < -0.3 is 9.69 Å². The van der Waals surface area contributed by atoms with Crippen LogP contribution in [0.15, 0.2) is 0 Å². The fourth-order valence-corrected chi connectivity index (χ4v) is 2.60. The minimum atomic E-state index is 0.343. The van der Waals surface area contributed by atoms with Gasteiger partial charge in [-0.3, -0.25) is 0 Å². The average molecular weight is 239 g/mol. The predicted octanol–water partition coefficient (Wildman–Crippen LogP) is 3.79. The van der Waals surface area contributed by atoms with Crippen LogP contribution >= 0.6 is 0 Å². The zero-order chi connectivity index (χ0) is 12.3. The van der Waals surface area contributed by atoms with Crippen molar-refractivity contribution in [3.8, 4) is 0 Å². The van der Waals surface area contributed by atoms with Gasteiger partial charge in [-0.05, 0) is 52.2 Å². The molecule has 1 saturated heterocycles. The van der Waals surface area contributed by atoms with Gasteiger partial charge in [-0.15, -0.1) is 0 Å². The van der Waals surface area contributed by atoms with Gasteiger partial charge in [0.25, 0.3) is 0 Å². The Morgan fingerprint density at radius 3 is 2.00 bits per heavy atom. The summed E-state index contributed by atoms with van der Waals surface area (Å²) in [5.74, 6) is 0.343. The Balaban J connectivity index is 1.73. The molecule has 0 amide bonds. The number of unbranched alkanes of at least 4 members (excludes halogenated alkanes) is 6. The molecule has 0 atom stereocenters. The van der Waals surface area contributed by atoms with Crippen LogP contribution in [0, 0.1) is 0 Å². The molecule has 100 valence electrons. The number of nitrogens with zero attached hydrogens (tertiary/aromatic N) is 1. The Morgan fingerprint density at radius 1 is 0.882 bits per heavy atom. The fourth-order valence-electron chi connectivity index (χ4n) is 2.60. The van der Waals surface area contributed by atoms with Gasteiger partial charge in [-0.1, -0.05) is 32.1 Å². The van der Waals surface area contributed by atoms with E-state index in [0.29, 0.717) is 5.78 Å². The summed E-state index contributed by atoms with van der Waals surface area (Å²) in [6.45, 7) is 5.69. The molecule has 0 unspecified atom stereocenters. The average Bonchev–Trinajstić information content (AvgIpc) is 2.79. The highest BCUT2D eigenvalue weighted by Crippen LogP contribution is 2.11. The highest BCUT2D eigenvalue weighted by atomic mass is 16.1. The Bertz CT molecular complexity index is 197. The van der Waals surface area contributed by atoms with Crippen molar-refractivity contribution >= 4 is 5.78 Å². The molecule has 0 aliphatic carbocycles. The smallest absolute Gasteiger partial charge is 0.129 e. The summed E-state index contributed by atoms with van der Waals surface area (Å²) in [5, 5.41) is 0. The first-order chi connectivity index (χ1) is 8.29. The summed E-state index contributed by atoms with van der Waals surface area (Å²) in [4.78, 5) is 13.3. The summed E-state index contributed by atoms with van der Waals surface area (Å²) < 4.78 is 0. The lowest BCUT2D eigenvalue weighted by atomic mass is 10.1. The molecule has 0 N–H and O–H groups in total. The molecule has 1 rings (SSSR count). The molecule has 2 nitrogen and oxygen atoms in total. The summed E-state index contributed by atoms with van der Waals surface area (Å²) >= 11 is 0. The molecule has 2 heteroatoms. The number of rotatable bonds is 10. The molecule has 0 aromatic carbocycles. The Labute approximate surface area is 107 Å². The molecule has 0 saturated carbocycles. The van der Waals surface area contributed by atoms with Crippen molar-refractivity contribution in [2.45, 2.75) is 71.1 Å². The number of hydrogen-bond acceptors (Lipinski definition) is 2. The molecule has 0 bridgehead atoms. The number of Topliss-reactive ketones (excluding diaryl/α,β-unsaturated/α-hetero) is 1. The van der Waals surface area contributed by atoms with Gasteiger partial charge in [0.2, 0.25) is 0 Å². The van der Waals surface area contributed by atoms with Crippen LogP contribution in [0.4, 0.5) is 0 Å². The molecule has 17 heavy (non-hydrogen) atoms. The minimum Gasteiger partial charge on any atom is -0.303 e. The Morgan fingerprint density at radius 2 is 1.41 bits per heavy atom. The van der Waals surface area contributed by atoms with Gasteiger partial charge in [-0.2, -0.15) is 0 Å². The van der Waals surface area contributed by atoms with Crippen molar-refractivity contribution in [2.75, 3.05) is 19.6 Å². The first kappa shape index (κ1) is 14.7. The largest absolute Gasteiger partial charge is 0.303 e. The summed E-state index contributed by atoms with van der Waals surface area (Å²) in [7, 11) is 0. The van der Waals surface area contributed by atoms with Gasteiger partial charge in [0.05, 0.1) is 0 Å². The van der Waals surface area contributed by atoms with Crippen LogP contribution in [0.3, 0.4) is 0 Å². The predicted molar refractivity (Wildman–Crippen MR) is 73.3 cm³/mol. The maximum Gasteiger partial charge on any atom is 0.129 e. The SMILES string of the molecule is CC(=O)CCCCCCCCCN1CCCC1. The van der Waals surface area contributed by atoms with Crippen molar-refractivity contribution in [2.24, 2.45) is 0 Å². The normalized spacial score (nSPS) is 16.5. The van der Waals surface area contributed by atoms with E-state index in [0.717, 1.165) is 12.8 Å². The van der Waals surface area contributed by atoms with E-state index in [1.807, 2.05) is 0 Å². The Hall–Kier alpha value is -0.370. The quantitative estimate of drug-likeness (QED) is 0.541. The van der Waals surface area contributed by atoms with Crippen molar-refractivity contribution in [3.63, 3.8) is 0 Å². The molecular weight excluding hydrogens is 210 g/mol. The highest BCUT2D eigenvalue weighted by molar-refractivity contribution is 5.75. The van der Waals surface area contributed by atoms with Gasteiger partial charge in [-0.25, -0.2) is 0 Å². The first-order valence-electron chi connectivity index (χ1n) is 7.51. The van der Waals surface area contributed by atoms with Gasteiger partial charge in [0, 0.05) is 6.42 Å². The molecule has 1 aliphatic heterocycles. The van der Waals surface area contributed by atoms with E-state index in [1.165, 1.54) is 71.0 Å². The van der Waals surface area contributed by atoms with Gasteiger partial charge in [0.1, 0.15) is 5.78 Å². The fraction of sp³-hybridized carbons (Fsp3) is 0.933. The molecule has 1 fully saturated rings. The zero-order valence-corrected chi connectivity index (χ0v) is 11.5. The van der Waals surface area contributed by atoms with E-state index in [4.69, 9.17) is 0 Å². The third-order valence-electron chi connectivity index (χ3n) is 3.70. The third-order valence-corrected chi connectivity index (χ3v) is 3.70. The monoisotopic (exact) mass is 239 g/mol. The van der Waals surface area contributed by atoms with Crippen molar-refractivity contribution in [1.29, 1.82) is 0 Å². The topological polar surface area (TPSA) is 20.3 Å². The van der Waals surface area contributed by atoms with Crippen LogP contribution in [0.2, 0.25) is 0 Å². The van der Waals surface area contributed by atoms with Gasteiger partial charge in [0.15, 0.2) is 0 Å². The number of carbonyl (C=O) groups is 1. The van der Waals surface area contributed by atoms with E-state index >= 15 is 0 Å². The number of hydrogen-bond donors (Lipinski definition) is 0. The van der Waals surface area contributed by atoms with Crippen LogP contribution in [0.5, 0.6) is 0 Å². The van der Waals surface area contributed by atoms with E-state index in [1.54, 1.807) is 6.92 Å². The summed E-state index contributed by atoms with van der Waals surface area (Å²) in [6, 6.07) is 0. The second kappa shape index (κ2) is 9.64. The third kappa shape index (κ3) is 8.37. The zero-order valence-electron chi connectivity index (χ0n) is 11.5. The molecule has 1 aliphatic rings. The molecular formula is C15H29NO. The first-order valence-corrected chi connectivity index (χ1v) is 7.51. The molecule has 1 heterocycles. The highest BCUT2D eigenvalue weighted by Gasteiger charge is 2.09. The summed E-state index contributed by atoms with van der Waals surface area (Å²) in [5.41, 5.74) is 0. The maximum absolute atomic E-state index is 10.7. The van der Waals surface area contributed by atoms with Crippen molar-refractivity contribution < 1.29 is 4.79 Å². The van der Waals surface area contributed by atoms with Crippen molar-refractivity contribution in [1.82, 2.24) is 4.90 Å². The number of carbonyl (C=O) groups excluding carboxylic acids is 1. The van der Waals surface area contributed by atoms with E-state index in [2.05, 4.69) is 4.90 Å². The Kier molecular flexibility index (Phi) is 8.33. The van der Waals surface area contributed by atoms with Crippen LogP contribution in [0.25, 0.3) is 0 Å². The second-order valence-electron chi connectivity index (χ2n) is 5.48. The van der Waals surface area contributed by atoms with E-state index < -0.39 is 0 Å². The van der Waals surface area contributed by atoms with Crippen LogP contribution < -0.4 is 0 Å². The van der Waals surface area contributed by atoms with Crippen LogP contribution in [0.1, 0.15) is 71.1 Å². The van der Waals surface area contributed by atoms with E-state index in [9.17, 15) is 4.79 Å². The number of ketones is 1. The van der Waals surface area contributed by atoms with E-state index in [-0.39, 0.29) is 0 Å². The lowest BCUT2D eigenvalue weighted by Crippen LogP contribution is -2.20. The molecule has 0 radical (unpaired) electrons. The second-order valence-corrected chi connectivity index (χ2v) is 5.48. The molecule has 0 aromatic rings. The van der Waals surface area contributed by atoms with Crippen LogP contribution in [-0.4, -0.2) is 30.3 Å². The lowest BCUT2D eigenvalue weighted by Gasteiger charge is -2.13. The van der Waals surface area contributed by atoms with Crippen LogP contribution in [-0.2, 0) is 4.79 Å².